The number of esters is 2. The van der Waals surface area contributed by atoms with Crippen LogP contribution in [0.5, 0.6) is 5.75 Å². The molecule has 0 amide bonds. The van der Waals surface area contributed by atoms with Crippen molar-refractivity contribution >= 4 is 17.7 Å². The van der Waals surface area contributed by atoms with Gasteiger partial charge in [0.15, 0.2) is 12.4 Å². The van der Waals surface area contributed by atoms with Gasteiger partial charge in [-0.05, 0) is 24.3 Å². The Morgan fingerprint density at radius 1 is 1.00 bits per heavy atom. The first-order valence-electron chi connectivity index (χ1n) is 7.82. The van der Waals surface area contributed by atoms with E-state index in [1.165, 1.54) is 0 Å². The van der Waals surface area contributed by atoms with Gasteiger partial charge in [0.05, 0.1) is 6.61 Å². The molecule has 1 atom stereocenters. The van der Waals surface area contributed by atoms with Crippen LogP contribution in [-0.4, -0.2) is 37.0 Å². The van der Waals surface area contributed by atoms with E-state index in [1.807, 2.05) is 6.07 Å². The van der Waals surface area contributed by atoms with Crippen molar-refractivity contribution in [2.24, 2.45) is 0 Å². The van der Waals surface area contributed by atoms with Gasteiger partial charge in [0.1, 0.15) is 5.75 Å². The SMILES string of the molecule is O=C(COc1ccc(C(=O)c2ccccc2)cc1)O[C@@H]1CCOC1=O. The van der Waals surface area contributed by atoms with E-state index in [1.54, 1.807) is 48.5 Å². The Bertz CT molecular complexity index is 766. The lowest BCUT2D eigenvalue weighted by Crippen LogP contribution is -2.26. The fraction of sp³-hybridized carbons (Fsp3) is 0.211. The lowest BCUT2D eigenvalue weighted by molar-refractivity contribution is -0.161. The number of benzene rings is 2. The first kappa shape index (κ1) is 16.7. The first-order chi connectivity index (χ1) is 12.1. The molecule has 128 valence electrons. The van der Waals surface area contributed by atoms with Crippen LogP contribution in [0.25, 0.3) is 0 Å². The Morgan fingerprint density at radius 3 is 2.32 bits per heavy atom. The number of hydrogen-bond donors (Lipinski definition) is 0. The van der Waals surface area contributed by atoms with Gasteiger partial charge in [0, 0.05) is 17.5 Å². The van der Waals surface area contributed by atoms with E-state index in [2.05, 4.69) is 0 Å². The minimum absolute atomic E-state index is 0.0914. The summed E-state index contributed by atoms with van der Waals surface area (Å²) < 4.78 is 15.0. The molecule has 1 heterocycles. The summed E-state index contributed by atoms with van der Waals surface area (Å²) in [5.41, 5.74) is 1.12. The molecule has 2 aromatic carbocycles. The van der Waals surface area contributed by atoms with Crippen LogP contribution < -0.4 is 4.74 Å². The highest BCUT2D eigenvalue weighted by atomic mass is 16.6. The van der Waals surface area contributed by atoms with Crippen molar-refractivity contribution in [3.05, 3.63) is 65.7 Å². The number of cyclic esters (lactones) is 1. The van der Waals surface area contributed by atoms with Crippen molar-refractivity contribution in [2.75, 3.05) is 13.2 Å². The van der Waals surface area contributed by atoms with Crippen molar-refractivity contribution in [3.8, 4) is 5.75 Å². The Kier molecular flexibility index (Phi) is 5.09. The summed E-state index contributed by atoms with van der Waals surface area (Å²) in [6.07, 6.45) is -0.483. The maximum Gasteiger partial charge on any atom is 0.347 e. The van der Waals surface area contributed by atoms with Crippen LogP contribution in [0.2, 0.25) is 0 Å². The van der Waals surface area contributed by atoms with Crippen molar-refractivity contribution in [1.82, 2.24) is 0 Å². The highest BCUT2D eigenvalue weighted by Gasteiger charge is 2.30. The minimum atomic E-state index is -0.845. The van der Waals surface area contributed by atoms with Gasteiger partial charge in [-0.2, -0.15) is 0 Å². The smallest absolute Gasteiger partial charge is 0.347 e. The molecule has 1 aliphatic heterocycles. The second-order valence-electron chi connectivity index (χ2n) is 5.44. The number of carbonyl (C=O) groups excluding carboxylic acids is 3. The van der Waals surface area contributed by atoms with Gasteiger partial charge in [-0.3, -0.25) is 4.79 Å². The largest absolute Gasteiger partial charge is 0.482 e. The molecule has 0 aliphatic carbocycles. The number of rotatable bonds is 6. The summed E-state index contributed by atoms with van der Waals surface area (Å²) in [5.74, 6) is -0.840. The van der Waals surface area contributed by atoms with Crippen molar-refractivity contribution in [2.45, 2.75) is 12.5 Å². The van der Waals surface area contributed by atoms with Crippen molar-refractivity contribution in [3.63, 3.8) is 0 Å². The molecule has 0 N–H and O–H groups in total. The maximum atomic E-state index is 12.3. The molecule has 2 aromatic rings. The highest BCUT2D eigenvalue weighted by molar-refractivity contribution is 6.08. The van der Waals surface area contributed by atoms with Gasteiger partial charge in [-0.1, -0.05) is 30.3 Å². The van der Waals surface area contributed by atoms with Crippen molar-refractivity contribution < 1.29 is 28.6 Å². The van der Waals surface area contributed by atoms with Gasteiger partial charge in [-0.25, -0.2) is 9.59 Å². The molecule has 3 rings (SSSR count). The normalized spacial score (nSPS) is 16.2. The van der Waals surface area contributed by atoms with E-state index in [0.29, 0.717) is 23.3 Å². The second kappa shape index (κ2) is 7.61. The van der Waals surface area contributed by atoms with Gasteiger partial charge >= 0.3 is 11.9 Å². The Morgan fingerprint density at radius 2 is 1.68 bits per heavy atom. The topological polar surface area (TPSA) is 78.9 Å². The lowest BCUT2D eigenvalue weighted by atomic mass is 10.0. The number of carbonyl (C=O) groups is 3. The Labute approximate surface area is 144 Å². The minimum Gasteiger partial charge on any atom is -0.482 e. The third-order valence-corrected chi connectivity index (χ3v) is 3.67. The van der Waals surface area contributed by atoms with Crippen LogP contribution in [-0.2, 0) is 19.1 Å². The van der Waals surface area contributed by atoms with Gasteiger partial charge in [-0.15, -0.1) is 0 Å². The zero-order valence-electron chi connectivity index (χ0n) is 13.3. The predicted octanol–water partition coefficient (Wildman–Crippen LogP) is 2.16. The molecule has 1 aliphatic rings. The molecule has 1 fully saturated rings. The van der Waals surface area contributed by atoms with Gasteiger partial charge in [0.2, 0.25) is 6.10 Å². The fourth-order valence-corrected chi connectivity index (χ4v) is 2.38. The predicted molar refractivity (Wildman–Crippen MR) is 87.3 cm³/mol. The van der Waals surface area contributed by atoms with Crippen LogP contribution >= 0.6 is 0 Å². The Balaban J connectivity index is 1.53. The number of ketones is 1. The van der Waals surface area contributed by atoms with Gasteiger partial charge in [0.25, 0.3) is 0 Å². The summed E-state index contributed by atoms with van der Waals surface area (Å²) in [6.45, 7) is -0.0652. The van der Waals surface area contributed by atoms with E-state index >= 15 is 0 Å². The van der Waals surface area contributed by atoms with Crippen molar-refractivity contribution in [1.29, 1.82) is 0 Å². The second-order valence-corrected chi connectivity index (χ2v) is 5.44. The molecule has 6 heteroatoms. The molecular formula is C19H16O6. The zero-order chi connectivity index (χ0) is 17.6. The average Bonchev–Trinajstić information content (AvgIpc) is 3.05. The molecule has 6 nitrogen and oxygen atoms in total. The zero-order valence-corrected chi connectivity index (χ0v) is 13.3. The van der Waals surface area contributed by atoms with Crippen LogP contribution in [0.1, 0.15) is 22.3 Å². The number of hydrogen-bond acceptors (Lipinski definition) is 6. The van der Waals surface area contributed by atoms with E-state index in [0.717, 1.165) is 0 Å². The van der Waals surface area contributed by atoms with E-state index in [-0.39, 0.29) is 19.0 Å². The highest BCUT2D eigenvalue weighted by Crippen LogP contribution is 2.16. The molecule has 0 spiro atoms. The van der Waals surface area contributed by atoms with Crippen LogP contribution in [0.3, 0.4) is 0 Å². The quantitative estimate of drug-likeness (QED) is 0.592. The standard InChI is InChI=1S/C19H16O6/c20-17(25-16-10-11-23-19(16)22)12-24-15-8-6-14(7-9-15)18(21)13-4-2-1-3-5-13/h1-9,16H,10-12H2/t16-/m1/s1. The van der Waals surface area contributed by atoms with Crippen LogP contribution in [0.4, 0.5) is 0 Å². The molecule has 0 saturated carbocycles. The molecule has 0 bridgehead atoms. The van der Waals surface area contributed by atoms with E-state index < -0.39 is 18.0 Å². The first-order valence-corrected chi connectivity index (χ1v) is 7.82. The van der Waals surface area contributed by atoms with Gasteiger partial charge < -0.3 is 14.2 Å². The monoisotopic (exact) mass is 340 g/mol. The maximum absolute atomic E-state index is 12.3. The summed E-state index contributed by atoms with van der Waals surface area (Å²) in [5, 5.41) is 0. The average molecular weight is 340 g/mol. The summed E-state index contributed by atoms with van der Waals surface area (Å²) in [7, 11) is 0. The summed E-state index contributed by atoms with van der Waals surface area (Å²) >= 11 is 0. The molecule has 1 saturated heterocycles. The van der Waals surface area contributed by atoms with E-state index in [4.69, 9.17) is 14.2 Å². The third-order valence-electron chi connectivity index (χ3n) is 3.67. The molecule has 25 heavy (non-hydrogen) atoms. The lowest BCUT2D eigenvalue weighted by Gasteiger charge is -2.10. The summed E-state index contributed by atoms with van der Waals surface area (Å²) in [6, 6.07) is 15.4. The molecule has 0 unspecified atom stereocenters. The third kappa shape index (κ3) is 4.23. The van der Waals surface area contributed by atoms with Crippen LogP contribution in [0, 0.1) is 0 Å². The van der Waals surface area contributed by atoms with E-state index in [9.17, 15) is 14.4 Å². The fourth-order valence-electron chi connectivity index (χ4n) is 2.38. The molecule has 0 aromatic heterocycles. The number of ether oxygens (including phenoxy) is 3. The molecule has 0 radical (unpaired) electrons. The van der Waals surface area contributed by atoms with Crippen LogP contribution in [0.15, 0.2) is 54.6 Å². The Hall–Kier alpha value is -3.15. The summed E-state index contributed by atoms with van der Waals surface area (Å²) in [4.78, 5) is 35.2. The molecular weight excluding hydrogens is 324 g/mol.